The number of hydrogen-bond donors (Lipinski definition) is 1. The van der Waals surface area contributed by atoms with E-state index in [1.165, 1.54) is 5.69 Å². The van der Waals surface area contributed by atoms with E-state index in [0.29, 0.717) is 12.4 Å². The number of rotatable bonds is 9. The first kappa shape index (κ1) is 23.4. The van der Waals surface area contributed by atoms with Gasteiger partial charge in [-0.05, 0) is 59.6 Å². The average Bonchev–Trinajstić information content (AvgIpc) is 3.24. The molecule has 2 amide bonds. The lowest BCUT2D eigenvalue weighted by Crippen LogP contribution is -2.46. The molecule has 2 aromatic heterocycles. The molecule has 1 aliphatic rings. The predicted molar refractivity (Wildman–Crippen MR) is 135 cm³/mol. The molecule has 8 nitrogen and oxygen atoms in total. The number of fused-ring (bicyclic) bond motifs is 1. The van der Waals surface area contributed by atoms with Crippen molar-refractivity contribution in [2.24, 2.45) is 5.73 Å². The van der Waals surface area contributed by atoms with Crippen molar-refractivity contribution in [3.63, 3.8) is 0 Å². The fourth-order valence-electron chi connectivity index (χ4n) is 4.30. The summed E-state index contributed by atoms with van der Waals surface area (Å²) in [6.07, 6.45) is 4.89. The first-order valence-electron chi connectivity index (χ1n) is 11.4. The summed E-state index contributed by atoms with van der Waals surface area (Å²) in [6.45, 7) is 5.73. The molecule has 33 heavy (non-hydrogen) atoms. The number of piperazine rings is 1. The summed E-state index contributed by atoms with van der Waals surface area (Å²) >= 11 is 3.44. The molecule has 0 atom stereocenters. The number of halogens is 1. The highest BCUT2D eigenvalue weighted by molar-refractivity contribution is 9.10. The molecule has 9 heteroatoms. The van der Waals surface area contributed by atoms with E-state index in [1.54, 1.807) is 16.5 Å². The van der Waals surface area contributed by atoms with Gasteiger partial charge in [0, 0.05) is 49.5 Å². The average molecular weight is 515 g/mol. The summed E-state index contributed by atoms with van der Waals surface area (Å²) in [5.41, 5.74) is 7.74. The highest BCUT2D eigenvalue weighted by atomic mass is 79.9. The van der Waals surface area contributed by atoms with Gasteiger partial charge >= 0.3 is 6.03 Å². The lowest BCUT2D eigenvalue weighted by molar-refractivity contribution is 0.250. The SMILES string of the molecule is COc1ccccc1N1CCN(CCCCCN(C(N)=O)c2cc3ccc(Br)cn3n2)CC1. The van der Waals surface area contributed by atoms with Crippen molar-refractivity contribution in [2.45, 2.75) is 19.3 Å². The summed E-state index contributed by atoms with van der Waals surface area (Å²) in [5, 5.41) is 4.50. The molecule has 0 saturated carbocycles. The number of para-hydroxylation sites is 2. The highest BCUT2D eigenvalue weighted by Gasteiger charge is 2.19. The van der Waals surface area contributed by atoms with Gasteiger partial charge in [-0.1, -0.05) is 18.6 Å². The third-order valence-electron chi connectivity index (χ3n) is 6.11. The minimum absolute atomic E-state index is 0.468. The minimum atomic E-state index is -0.468. The number of anilines is 2. The van der Waals surface area contributed by atoms with E-state index in [-0.39, 0.29) is 0 Å². The highest BCUT2D eigenvalue weighted by Crippen LogP contribution is 2.28. The van der Waals surface area contributed by atoms with Gasteiger partial charge in [-0.25, -0.2) is 9.31 Å². The summed E-state index contributed by atoms with van der Waals surface area (Å²) in [5.74, 6) is 1.52. The standard InChI is InChI=1S/C24H31BrN6O2/c1-33-22-8-4-3-7-21(22)29-15-13-28(14-16-29)11-5-2-6-12-30(24(26)32)23-17-20-10-9-19(25)18-31(20)27-23/h3-4,7-10,17-18H,2,5-6,11-16H2,1H3,(H2,26,32). The maximum Gasteiger partial charge on any atom is 0.320 e. The quantitative estimate of drug-likeness (QED) is 0.436. The van der Waals surface area contributed by atoms with Crippen molar-refractivity contribution in [1.82, 2.24) is 14.5 Å². The zero-order valence-corrected chi connectivity index (χ0v) is 20.6. The maximum atomic E-state index is 12.0. The van der Waals surface area contributed by atoms with E-state index in [1.807, 2.05) is 36.5 Å². The Kier molecular flexibility index (Phi) is 7.72. The van der Waals surface area contributed by atoms with Crippen molar-refractivity contribution >= 4 is 39.0 Å². The van der Waals surface area contributed by atoms with Gasteiger partial charge in [-0.3, -0.25) is 9.80 Å². The number of methoxy groups -OCH3 is 1. The normalized spacial score (nSPS) is 14.5. The number of carbonyl (C=O) groups is 1. The van der Waals surface area contributed by atoms with Crippen LogP contribution in [0, 0.1) is 0 Å². The molecule has 0 radical (unpaired) electrons. The molecule has 0 bridgehead atoms. The van der Waals surface area contributed by atoms with Crippen LogP contribution in [-0.4, -0.2) is 66.9 Å². The molecular formula is C24H31BrN6O2. The Labute approximate surface area is 203 Å². The van der Waals surface area contributed by atoms with Crippen molar-refractivity contribution < 1.29 is 9.53 Å². The number of unbranched alkanes of at least 4 members (excludes halogenated alkanes) is 2. The number of nitrogens with two attached hydrogens (primary N) is 1. The number of pyridine rings is 1. The van der Waals surface area contributed by atoms with E-state index in [4.69, 9.17) is 10.5 Å². The molecule has 2 N–H and O–H groups in total. The molecule has 3 aromatic rings. The van der Waals surface area contributed by atoms with E-state index < -0.39 is 6.03 Å². The van der Waals surface area contributed by atoms with E-state index >= 15 is 0 Å². The number of hydrogen-bond acceptors (Lipinski definition) is 5. The Balaban J connectivity index is 1.21. The van der Waals surface area contributed by atoms with Crippen LogP contribution in [-0.2, 0) is 0 Å². The molecule has 3 heterocycles. The van der Waals surface area contributed by atoms with E-state index in [0.717, 1.165) is 67.7 Å². The van der Waals surface area contributed by atoms with Gasteiger partial charge in [-0.15, -0.1) is 5.10 Å². The number of carbonyl (C=O) groups excluding carboxylic acids is 1. The number of primary amides is 1. The molecule has 0 spiro atoms. The Morgan fingerprint density at radius 1 is 1.12 bits per heavy atom. The minimum Gasteiger partial charge on any atom is -0.495 e. The number of benzene rings is 1. The fourth-order valence-corrected chi connectivity index (χ4v) is 4.63. The zero-order valence-electron chi connectivity index (χ0n) is 19.0. The Morgan fingerprint density at radius 3 is 2.67 bits per heavy atom. The van der Waals surface area contributed by atoms with Gasteiger partial charge in [0.25, 0.3) is 0 Å². The lowest BCUT2D eigenvalue weighted by atomic mass is 10.2. The largest absolute Gasteiger partial charge is 0.495 e. The van der Waals surface area contributed by atoms with Crippen LogP contribution >= 0.6 is 15.9 Å². The van der Waals surface area contributed by atoms with Crippen LogP contribution < -0.4 is 20.3 Å². The molecule has 4 rings (SSSR count). The molecule has 1 aliphatic heterocycles. The second-order valence-electron chi connectivity index (χ2n) is 8.27. The van der Waals surface area contributed by atoms with Gasteiger partial charge in [0.2, 0.25) is 0 Å². The van der Waals surface area contributed by atoms with Gasteiger partial charge in [-0.2, -0.15) is 0 Å². The maximum absolute atomic E-state index is 12.0. The molecule has 0 unspecified atom stereocenters. The van der Waals surface area contributed by atoms with Crippen molar-refractivity contribution in [3.8, 4) is 5.75 Å². The van der Waals surface area contributed by atoms with Gasteiger partial charge in [0.15, 0.2) is 5.82 Å². The molecule has 0 aliphatic carbocycles. The third-order valence-corrected chi connectivity index (χ3v) is 6.58. The van der Waals surface area contributed by atoms with Crippen molar-refractivity contribution in [2.75, 3.05) is 56.2 Å². The summed E-state index contributed by atoms with van der Waals surface area (Å²) < 4.78 is 8.19. The van der Waals surface area contributed by atoms with Gasteiger partial charge in [0.05, 0.1) is 18.3 Å². The third kappa shape index (κ3) is 5.78. The van der Waals surface area contributed by atoms with Crippen molar-refractivity contribution in [1.29, 1.82) is 0 Å². The summed E-state index contributed by atoms with van der Waals surface area (Å²) in [4.78, 5) is 18.5. The van der Waals surface area contributed by atoms with Crippen LogP contribution in [0.1, 0.15) is 19.3 Å². The fraction of sp³-hybridized carbons (Fsp3) is 0.417. The monoisotopic (exact) mass is 514 g/mol. The molecule has 1 fully saturated rings. The Bertz CT molecular complexity index is 1080. The van der Waals surface area contributed by atoms with Crippen molar-refractivity contribution in [3.05, 3.63) is 53.1 Å². The smallest absolute Gasteiger partial charge is 0.320 e. The predicted octanol–water partition coefficient (Wildman–Crippen LogP) is 3.98. The number of ether oxygens (including phenoxy) is 1. The summed E-state index contributed by atoms with van der Waals surface area (Å²) in [7, 11) is 1.72. The number of nitrogens with zero attached hydrogens (tertiary/aromatic N) is 5. The van der Waals surface area contributed by atoms with Crippen LogP contribution in [0.5, 0.6) is 5.75 Å². The zero-order chi connectivity index (χ0) is 23.2. The first-order chi connectivity index (χ1) is 16.0. The second-order valence-corrected chi connectivity index (χ2v) is 9.19. The number of amides is 2. The van der Waals surface area contributed by atoms with Gasteiger partial charge < -0.3 is 15.4 Å². The van der Waals surface area contributed by atoms with Crippen LogP contribution in [0.15, 0.2) is 53.1 Å². The first-order valence-corrected chi connectivity index (χ1v) is 12.2. The topological polar surface area (TPSA) is 79.3 Å². The molecule has 1 aromatic carbocycles. The molecular weight excluding hydrogens is 484 g/mol. The second kappa shape index (κ2) is 10.9. The molecule has 176 valence electrons. The Hall–Kier alpha value is -2.78. The number of urea groups is 1. The van der Waals surface area contributed by atoms with Crippen LogP contribution in [0.2, 0.25) is 0 Å². The van der Waals surface area contributed by atoms with Gasteiger partial charge in [0.1, 0.15) is 5.75 Å². The number of aromatic nitrogens is 2. The van der Waals surface area contributed by atoms with Crippen LogP contribution in [0.25, 0.3) is 5.52 Å². The van der Waals surface area contributed by atoms with E-state index in [9.17, 15) is 4.79 Å². The molecule has 1 saturated heterocycles. The van der Waals surface area contributed by atoms with Crippen LogP contribution in [0.4, 0.5) is 16.3 Å². The van der Waals surface area contributed by atoms with E-state index in [2.05, 4.69) is 43.0 Å². The Morgan fingerprint density at radius 2 is 1.91 bits per heavy atom. The summed E-state index contributed by atoms with van der Waals surface area (Å²) in [6, 6.07) is 13.5. The lowest BCUT2D eigenvalue weighted by Gasteiger charge is -2.36. The van der Waals surface area contributed by atoms with Crippen LogP contribution in [0.3, 0.4) is 0 Å².